The molecule has 114 valence electrons. The van der Waals surface area contributed by atoms with Gasteiger partial charge in [0.15, 0.2) is 0 Å². The van der Waals surface area contributed by atoms with E-state index in [9.17, 15) is 21.6 Å². The minimum atomic E-state index is -5.74. The second-order valence-electron chi connectivity index (χ2n) is 3.88. The Morgan fingerprint density at radius 1 is 1.29 bits per heavy atom. The molecule has 1 aromatic rings. The van der Waals surface area contributed by atoms with Gasteiger partial charge in [0, 0.05) is 12.8 Å². The van der Waals surface area contributed by atoms with Crippen molar-refractivity contribution in [1.29, 1.82) is 0 Å². The average Bonchev–Trinajstić information content (AvgIpc) is 2.38. The maximum Gasteiger partial charge on any atom is 0.534 e. The van der Waals surface area contributed by atoms with E-state index in [0.717, 1.165) is 0 Å². The van der Waals surface area contributed by atoms with Gasteiger partial charge < -0.3 is 4.18 Å². The third-order valence-corrected chi connectivity index (χ3v) is 3.19. The zero-order chi connectivity index (χ0) is 15.9. The Kier molecular flexibility index (Phi) is 5.79. The van der Waals surface area contributed by atoms with E-state index in [4.69, 9.17) is 6.42 Å². The minimum Gasteiger partial charge on any atom is -0.360 e. The normalized spacial score (nSPS) is 12.8. The summed E-state index contributed by atoms with van der Waals surface area (Å²) in [6, 6.07) is 7.91. The topological polar surface area (TPSA) is 55.7 Å². The summed E-state index contributed by atoms with van der Waals surface area (Å²) in [6.07, 6.45) is 5.44. The van der Waals surface area contributed by atoms with Gasteiger partial charge in [-0.25, -0.2) is 4.99 Å². The Labute approximate surface area is 120 Å². The highest BCUT2D eigenvalue weighted by atomic mass is 32.2. The summed E-state index contributed by atoms with van der Waals surface area (Å²) in [5.74, 6) is 1.75. The van der Waals surface area contributed by atoms with Crippen LogP contribution in [0.3, 0.4) is 0 Å². The summed E-state index contributed by atoms with van der Waals surface area (Å²) in [7, 11) is -5.74. The number of unbranched alkanes of at least 4 members (excludes halogenated alkanes) is 1. The van der Waals surface area contributed by atoms with Crippen LogP contribution in [0.15, 0.2) is 35.3 Å². The lowest BCUT2D eigenvalue weighted by Crippen LogP contribution is -2.28. The zero-order valence-electron chi connectivity index (χ0n) is 10.8. The quantitative estimate of drug-likeness (QED) is 0.209. The molecular weight excluding hydrogens is 307 g/mol. The van der Waals surface area contributed by atoms with Crippen molar-refractivity contribution in [2.75, 3.05) is 0 Å². The monoisotopic (exact) mass is 319 g/mol. The van der Waals surface area contributed by atoms with Gasteiger partial charge in [0.1, 0.15) is 0 Å². The highest BCUT2D eigenvalue weighted by molar-refractivity contribution is 7.88. The molecule has 0 aromatic heterocycles. The average molecular weight is 319 g/mol. The molecule has 0 saturated carbocycles. The Hall–Kier alpha value is -2.01. The largest absolute Gasteiger partial charge is 0.534 e. The van der Waals surface area contributed by atoms with Gasteiger partial charge in [-0.15, -0.1) is 12.3 Å². The maximum absolute atomic E-state index is 12.3. The number of hydrogen-bond donors (Lipinski definition) is 0. The second kappa shape index (κ2) is 7.13. The summed E-state index contributed by atoms with van der Waals surface area (Å²) < 4.78 is 63.1. The fourth-order valence-corrected chi connectivity index (χ4v) is 1.75. The molecule has 0 fully saturated rings. The molecule has 0 aliphatic carbocycles. The van der Waals surface area contributed by atoms with Gasteiger partial charge in [-0.05, 0) is 18.6 Å². The fourth-order valence-electron chi connectivity index (χ4n) is 1.28. The molecule has 0 amide bonds. The lowest BCUT2D eigenvalue weighted by molar-refractivity contribution is -0.0505. The lowest BCUT2D eigenvalue weighted by Gasteiger charge is -2.11. The van der Waals surface area contributed by atoms with Crippen molar-refractivity contribution < 1.29 is 25.8 Å². The number of para-hydroxylation sites is 1. The molecule has 0 unspecified atom stereocenters. The zero-order valence-corrected chi connectivity index (χ0v) is 11.6. The molecule has 8 heteroatoms. The van der Waals surface area contributed by atoms with Crippen LogP contribution in [-0.2, 0) is 14.3 Å². The summed E-state index contributed by atoms with van der Waals surface area (Å²) in [5, 5.41) is 0. The SMILES string of the molecule is C#CCCCC(=Nc1ccccc1)OS(=O)(=O)C(F)(F)F. The van der Waals surface area contributed by atoms with E-state index in [0.29, 0.717) is 0 Å². The van der Waals surface area contributed by atoms with Crippen molar-refractivity contribution in [3.8, 4) is 12.3 Å². The van der Waals surface area contributed by atoms with E-state index in [2.05, 4.69) is 15.1 Å². The number of rotatable bonds is 5. The van der Waals surface area contributed by atoms with Gasteiger partial charge in [0.2, 0.25) is 5.90 Å². The van der Waals surface area contributed by atoms with Crippen molar-refractivity contribution in [3.05, 3.63) is 30.3 Å². The number of nitrogens with zero attached hydrogens (tertiary/aromatic N) is 1. The van der Waals surface area contributed by atoms with Crippen molar-refractivity contribution in [2.24, 2.45) is 4.99 Å². The van der Waals surface area contributed by atoms with Gasteiger partial charge in [-0.3, -0.25) is 0 Å². The number of halogens is 3. The number of hydrogen-bond acceptors (Lipinski definition) is 4. The number of benzene rings is 1. The minimum absolute atomic E-state index is 0.117. The van der Waals surface area contributed by atoms with Crippen LogP contribution in [0.1, 0.15) is 19.3 Å². The van der Waals surface area contributed by atoms with Crippen LogP contribution in [0.5, 0.6) is 0 Å². The van der Waals surface area contributed by atoms with Crippen molar-refractivity contribution in [2.45, 2.75) is 24.8 Å². The predicted octanol–water partition coefficient (Wildman–Crippen LogP) is 3.39. The molecule has 21 heavy (non-hydrogen) atoms. The first-order chi connectivity index (χ1) is 9.76. The Bertz CT molecular complexity index is 631. The Balaban J connectivity index is 2.99. The first-order valence-corrected chi connectivity index (χ1v) is 7.24. The molecule has 0 atom stereocenters. The first-order valence-electron chi connectivity index (χ1n) is 5.83. The van der Waals surface area contributed by atoms with E-state index in [-0.39, 0.29) is 24.9 Å². The predicted molar refractivity (Wildman–Crippen MR) is 72.3 cm³/mol. The molecule has 0 N–H and O–H groups in total. The summed E-state index contributed by atoms with van der Waals surface area (Å²) >= 11 is 0. The van der Waals surface area contributed by atoms with Crippen molar-refractivity contribution in [3.63, 3.8) is 0 Å². The van der Waals surface area contributed by atoms with E-state index in [1.165, 1.54) is 12.1 Å². The summed E-state index contributed by atoms with van der Waals surface area (Å²) in [5.41, 5.74) is -5.22. The molecule has 0 spiro atoms. The molecule has 0 saturated heterocycles. The van der Waals surface area contributed by atoms with Crippen molar-refractivity contribution >= 4 is 21.7 Å². The molecule has 1 aromatic carbocycles. The highest BCUT2D eigenvalue weighted by Crippen LogP contribution is 2.26. The maximum atomic E-state index is 12.3. The van der Waals surface area contributed by atoms with Crippen LogP contribution >= 0.6 is 0 Å². The van der Waals surface area contributed by atoms with Crippen LogP contribution in [0.2, 0.25) is 0 Å². The van der Waals surface area contributed by atoms with Gasteiger partial charge >= 0.3 is 15.6 Å². The summed E-state index contributed by atoms with van der Waals surface area (Å²) in [4.78, 5) is 3.78. The number of alkyl halides is 3. The van der Waals surface area contributed by atoms with Gasteiger partial charge in [-0.2, -0.15) is 21.6 Å². The number of aliphatic imine (C=N–C) groups is 1. The molecule has 4 nitrogen and oxygen atoms in total. The highest BCUT2D eigenvalue weighted by Gasteiger charge is 2.49. The van der Waals surface area contributed by atoms with Crippen molar-refractivity contribution in [1.82, 2.24) is 0 Å². The Morgan fingerprint density at radius 2 is 1.90 bits per heavy atom. The Morgan fingerprint density at radius 3 is 2.43 bits per heavy atom. The van der Waals surface area contributed by atoms with Crippen LogP contribution in [-0.4, -0.2) is 19.8 Å². The van der Waals surface area contributed by atoms with E-state index in [1.54, 1.807) is 18.2 Å². The second-order valence-corrected chi connectivity index (χ2v) is 5.42. The molecule has 0 aliphatic heterocycles. The molecule has 0 heterocycles. The number of terminal acetylenes is 1. The molecule has 0 aliphatic rings. The van der Waals surface area contributed by atoms with Crippen LogP contribution in [0.4, 0.5) is 18.9 Å². The van der Waals surface area contributed by atoms with Gasteiger partial charge in [0.25, 0.3) is 0 Å². The van der Waals surface area contributed by atoms with E-state index in [1.807, 2.05) is 0 Å². The van der Waals surface area contributed by atoms with E-state index < -0.39 is 21.5 Å². The van der Waals surface area contributed by atoms with Crippen LogP contribution in [0, 0.1) is 12.3 Å². The third kappa shape index (κ3) is 5.47. The molecule has 1 rings (SSSR count). The van der Waals surface area contributed by atoms with Gasteiger partial charge in [0.05, 0.1) is 5.69 Å². The lowest BCUT2D eigenvalue weighted by atomic mass is 10.2. The van der Waals surface area contributed by atoms with Crippen LogP contribution < -0.4 is 0 Å². The summed E-state index contributed by atoms with van der Waals surface area (Å²) in [6.45, 7) is 0. The first kappa shape index (κ1) is 17.0. The molecule has 0 radical (unpaired) electrons. The van der Waals surface area contributed by atoms with Gasteiger partial charge in [-0.1, -0.05) is 18.2 Å². The smallest absolute Gasteiger partial charge is 0.360 e. The molecule has 0 bridgehead atoms. The molecular formula is C13H12F3NO3S. The van der Waals surface area contributed by atoms with Crippen LogP contribution in [0.25, 0.3) is 0 Å². The third-order valence-electron chi connectivity index (χ3n) is 2.21. The standard InChI is InChI=1S/C13H12F3NO3S/c1-2-3-5-10-12(17-11-8-6-4-7-9-11)20-21(18,19)13(14,15)16/h1,4,6-9H,3,5,10H2. The van der Waals surface area contributed by atoms with E-state index >= 15 is 0 Å². The fraction of sp³-hybridized carbons (Fsp3) is 0.308.